The van der Waals surface area contributed by atoms with Crippen molar-refractivity contribution in [3.05, 3.63) is 22.6 Å². The van der Waals surface area contributed by atoms with E-state index >= 15 is 0 Å². The zero-order valence-electron chi connectivity index (χ0n) is 10.7. The van der Waals surface area contributed by atoms with E-state index < -0.39 is 5.60 Å². The molecule has 0 bridgehead atoms. The second-order valence-corrected chi connectivity index (χ2v) is 5.62. The minimum absolute atomic E-state index is 0.0110. The number of Topliss-reactive ketones (excluding diaryl/α,β-unsaturated/α-hetero) is 1. The van der Waals surface area contributed by atoms with Gasteiger partial charge in [0.25, 0.3) is 0 Å². The van der Waals surface area contributed by atoms with E-state index in [1.165, 1.54) is 19.1 Å². The van der Waals surface area contributed by atoms with E-state index in [1.807, 2.05) is 6.92 Å². The van der Waals surface area contributed by atoms with Gasteiger partial charge in [0, 0.05) is 6.61 Å². The normalized spacial score (nSPS) is 19.4. The first-order valence-electron chi connectivity index (χ1n) is 6.61. The molecule has 0 atom stereocenters. The highest BCUT2D eigenvalue weighted by molar-refractivity contribution is 9.10. The highest BCUT2D eigenvalue weighted by atomic mass is 79.9. The molecule has 1 aliphatic rings. The van der Waals surface area contributed by atoms with Crippen LogP contribution in [0.1, 0.15) is 56.0 Å². The fraction of sp³-hybridized carbons (Fsp3) is 0.643. The third kappa shape index (κ3) is 2.69. The summed E-state index contributed by atoms with van der Waals surface area (Å²) in [6.45, 7) is 2.50. The first-order valence-corrected chi connectivity index (χ1v) is 7.40. The number of ketones is 1. The van der Waals surface area contributed by atoms with Crippen LogP contribution in [0.2, 0.25) is 0 Å². The molecule has 0 spiro atoms. The Kier molecular flexibility index (Phi) is 4.62. The van der Waals surface area contributed by atoms with Crippen molar-refractivity contribution in [3.8, 4) is 0 Å². The highest BCUT2D eigenvalue weighted by Crippen LogP contribution is 2.35. The van der Waals surface area contributed by atoms with E-state index in [0.717, 1.165) is 30.2 Å². The third-order valence-electron chi connectivity index (χ3n) is 3.57. The van der Waals surface area contributed by atoms with Crippen LogP contribution in [-0.4, -0.2) is 18.0 Å². The van der Waals surface area contributed by atoms with Gasteiger partial charge in [0.1, 0.15) is 5.60 Å². The first-order chi connectivity index (χ1) is 8.69. The Morgan fingerprint density at radius 3 is 2.56 bits per heavy atom. The van der Waals surface area contributed by atoms with E-state index in [2.05, 4.69) is 15.9 Å². The van der Waals surface area contributed by atoms with Crippen molar-refractivity contribution < 1.29 is 13.9 Å². The van der Waals surface area contributed by atoms with Crippen molar-refractivity contribution in [1.82, 2.24) is 0 Å². The van der Waals surface area contributed by atoms with Crippen molar-refractivity contribution in [2.75, 3.05) is 6.61 Å². The average molecular weight is 315 g/mol. The summed E-state index contributed by atoms with van der Waals surface area (Å²) in [4.78, 5) is 12.7. The van der Waals surface area contributed by atoms with Gasteiger partial charge in [0.05, 0.1) is 10.7 Å². The molecular weight excluding hydrogens is 296 g/mol. The number of halogens is 1. The predicted molar refractivity (Wildman–Crippen MR) is 72.8 cm³/mol. The zero-order valence-corrected chi connectivity index (χ0v) is 12.3. The van der Waals surface area contributed by atoms with Crippen molar-refractivity contribution in [2.45, 2.75) is 51.0 Å². The minimum atomic E-state index is -0.675. The van der Waals surface area contributed by atoms with Gasteiger partial charge < -0.3 is 9.15 Å². The number of hydrogen-bond acceptors (Lipinski definition) is 3. The van der Waals surface area contributed by atoms with Gasteiger partial charge in [-0.1, -0.05) is 25.7 Å². The van der Waals surface area contributed by atoms with Gasteiger partial charge in [0.15, 0.2) is 5.76 Å². The van der Waals surface area contributed by atoms with Crippen LogP contribution < -0.4 is 0 Å². The minimum Gasteiger partial charge on any atom is -0.460 e. The summed E-state index contributed by atoms with van der Waals surface area (Å²) in [6, 6.07) is 1.75. The lowest BCUT2D eigenvalue weighted by molar-refractivity contribution is -0.0309. The molecular formula is C14H19BrO3. The lowest BCUT2D eigenvalue weighted by Gasteiger charge is -2.30. The van der Waals surface area contributed by atoms with E-state index in [4.69, 9.17) is 9.15 Å². The van der Waals surface area contributed by atoms with Crippen LogP contribution in [-0.2, 0) is 4.74 Å². The number of carbonyl (C=O) groups is 1. The second-order valence-electron chi connectivity index (χ2n) is 4.77. The molecule has 1 aliphatic carbocycles. The molecule has 0 aliphatic heterocycles. The molecule has 0 radical (unpaired) electrons. The molecule has 1 aromatic heterocycles. The smallest absolute Gasteiger partial charge is 0.230 e. The molecule has 3 nitrogen and oxygen atoms in total. The van der Waals surface area contributed by atoms with Crippen LogP contribution in [0.4, 0.5) is 0 Å². The topological polar surface area (TPSA) is 39.4 Å². The Bertz CT molecular complexity index is 403. The summed E-state index contributed by atoms with van der Waals surface area (Å²) in [5.74, 6) is 0.383. The molecule has 1 aromatic rings. The van der Waals surface area contributed by atoms with Gasteiger partial charge in [-0.05, 0) is 41.8 Å². The monoisotopic (exact) mass is 314 g/mol. The summed E-state index contributed by atoms with van der Waals surface area (Å²) >= 11 is 3.36. The van der Waals surface area contributed by atoms with Crippen molar-refractivity contribution >= 4 is 21.7 Å². The molecule has 1 saturated carbocycles. The quantitative estimate of drug-likeness (QED) is 0.612. The predicted octanol–water partition coefficient (Wildman–Crippen LogP) is 4.35. The number of carbonyl (C=O) groups excluding carboxylic acids is 1. The summed E-state index contributed by atoms with van der Waals surface area (Å²) in [7, 11) is 0. The fourth-order valence-electron chi connectivity index (χ4n) is 2.68. The van der Waals surface area contributed by atoms with E-state index in [1.54, 1.807) is 6.07 Å². The molecule has 18 heavy (non-hydrogen) atoms. The number of hydrogen-bond donors (Lipinski definition) is 0. The largest absolute Gasteiger partial charge is 0.460 e. The molecule has 100 valence electrons. The lowest BCUT2D eigenvalue weighted by atomic mass is 9.88. The van der Waals surface area contributed by atoms with Gasteiger partial charge in [0.2, 0.25) is 5.78 Å². The van der Waals surface area contributed by atoms with E-state index in [9.17, 15) is 4.79 Å². The molecule has 1 fully saturated rings. The second kappa shape index (κ2) is 6.02. The van der Waals surface area contributed by atoms with Crippen LogP contribution in [0.15, 0.2) is 21.2 Å². The van der Waals surface area contributed by atoms with Gasteiger partial charge in [-0.15, -0.1) is 0 Å². The maximum atomic E-state index is 12.7. The maximum Gasteiger partial charge on any atom is 0.230 e. The average Bonchev–Trinajstić information content (AvgIpc) is 2.64. The van der Waals surface area contributed by atoms with Crippen LogP contribution in [0.5, 0.6) is 0 Å². The molecule has 0 saturated heterocycles. The van der Waals surface area contributed by atoms with E-state index in [-0.39, 0.29) is 5.78 Å². The van der Waals surface area contributed by atoms with Gasteiger partial charge >= 0.3 is 0 Å². The molecule has 4 heteroatoms. The Labute approximate surface area is 116 Å². The SMILES string of the molecule is CCOC1(C(=O)c2occc2Br)CCCCCC1. The number of furan rings is 1. The first kappa shape index (κ1) is 13.8. The molecule has 2 rings (SSSR count). The molecule has 0 unspecified atom stereocenters. The van der Waals surface area contributed by atoms with Crippen LogP contribution >= 0.6 is 15.9 Å². The van der Waals surface area contributed by atoms with Crippen LogP contribution in [0.3, 0.4) is 0 Å². The van der Waals surface area contributed by atoms with E-state index in [0.29, 0.717) is 12.4 Å². The van der Waals surface area contributed by atoms with Crippen molar-refractivity contribution in [1.29, 1.82) is 0 Å². The van der Waals surface area contributed by atoms with Gasteiger partial charge in [-0.3, -0.25) is 4.79 Å². The van der Waals surface area contributed by atoms with Crippen molar-refractivity contribution in [2.24, 2.45) is 0 Å². The summed E-state index contributed by atoms with van der Waals surface area (Å²) in [5.41, 5.74) is -0.675. The molecule has 0 N–H and O–H groups in total. The zero-order chi connectivity index (χ0) is 13.0. The van der Waals surface area contributed by atoms with Crippen LogP contribution in [0.25, 0.3) is 0 Å². The Morgan fingerprint density at radius 2 is 2.06 bits per heavy atom. The van der Waals surface area contributed by atoms with Gasteiger partial charge in [-0.2, -0.15) is 0 Å². The van der Waals surface area contributed by atoms with Crippen molar-refractivity contribution in [3.63, 3.8) is 0 Å². The standard InChI is InChI=1S/C14H19BrO3/c1-2-18-14(8-5-3-4-6-9-14)13(16)12-11(15)7-10-17-12/h7,10H,2-6,8-9H2,1H3. The van der Waals surface area contributed by atoms with Crippen LogP contribution in [0, 0.1) is 0 Å². The fourth-order valence-corrected chi connectivity index (χ4v) is 3.06. The highest BCUT2D eigenvalue weighted by Gasteiger charge is 2.41. The number of rotatable bonds is 4. The molecule has 0 aromatic carbocycles. The Morgan fingerprint density at radius 1 is 1.39 bits per heavy atom. The molecule has 1 heterocycles. The Balaban J connectivity index is 2.28. The number of ether oxygens (including phenoxy) is 1. The van der Waals surface area contributed by atoms with Gasteiger partial charge in [-0.25, -0.2) is 0 Å². The maximum absolute atomic E-state index is 12.7. The summed E-state index contributed by atoms with van der Waals surface area (Å²) < 4.78 is 11.9. The third-order valence-corrected chi connectivity index (χ3v) is 4.19. The molecule has 0 amide bonds. The summed E-state index contributed by atoms with van der Waals surface area (Å²) in [6.07, 6.45) is 7.59. The summed E-state index contributed by atoms with van der Waals surface area (Å²) in [5, 5.41) is 0. The Hall–Kier alpha value is -0.610. The lowest BCUT2D eigenvalue weighted by Crippen LogP contribution is -2.41.